The number of pyridine rings is 1. The fourth-order valence-corrected chi connectivity index (χ4v) is 2.40. The van der Waals surface area contributed by atoms with Crippen LogP contribution in [0.25, 0.3) is 10.9 Å². The van der Waals surface area contributed by atoms with Crippen molar-refractivity contribution in [2.45, 2.75) is 6.42 Å². The van der Waals surface area contributed by atoms with Gasteiger partial charge < -0.3 is 10.1 Å². The summed E-state index contributed by atoms with van der Waals surface area (Å²) in [6, 6.07) is 19.5. The number of carbonyl (C=O) groups excluding carboxylic acids is 1. The second kappa shape index (κ2) is 7.51. The molecular formula is C19H18N2O2. The van der Waals surface area contributed by atoms with Crippen LogP contribution in [-0.2, 0) is 16.0 Å². The summed E-state index contributed by atoms with van der Waals surface area (Å²) in [6.07, 6.45) is 2.53. The van der Waals surface area contributed by atoms with Gasteiger partial charge in [-0.3, -0.25) is 9.78 Å². The summed E-state index contributed by atoms with van der Waals surface area (Å²) < 4.78 is 5.46. The zero-order chi connectivity index (χ0) is 15.9. The highest BCUT2D eigenvalue weighted by atomic mass is 16.5. The van der Waals surface area contributed by atoms with Crippen LogP contribution < -0.4 is 5.32 Å². The van der Waals surface area contributed by atoms with Gasteiger partial charge in [-0.15, -0.1) is 0 Å². The molecule has 1 aromatic heterocycles. The van der Waals surface area contributed by atoms with Gasteiger partial charge in [-0.05, 0) is 36.2 Å². The van der Waals surface area contributed by atoms with E-state index in [0.29, 0.717) is 6.61 Å². The van der Waals surface area contributed by atoms with Gasteiger partial charge in [0, 0.05) is 11.6 Å². The molecule has 4 heteroatoms. The van der Waals surface area contributed by atoms with Crippen molar-refractivity contribution < 1.29 is 9.53 Å². The zero-order valence-electron chi connectivity index (χ0n) is 12.7. The molecule has 0 spiro atoms. The molecule has 0 saturated heterocycles. The van der Waals surface area contributed by atoms with Crippen LogP contribution in [0, 0.1) is 0 Å². The van der Waals surface area contributed by atoms with Gasteiger partial charge in [0.15, 0.2) is 0 Å². The number of hydrogen-bond donors (Lipinski definition) is 1. The molecule has 0 fully saturated rings. The third kappa shape index (κ3) is 4.14. The molecule has 0 aliphatic heterocycles. The Morgan fingerprint density at radius 2 is 1.87 bits per heavy atom. The summed E-state index contributed by atoms with van der Waals surface area (Å²) >= 11 is 0. The van der Waals surface area contributed by atoms with Gasteiger partial charge in [0.25, 0.3) is 0 Å². The molecule has 116 valence electrons. The lowest BCUT2D eigenvalue weighted by molar-refractivity contribution is -0.120. The van der Waals surface area contributed by atoms with Crippen LogP contribution >= 0.6 is 0 Å². The SMILES string of the molecule is O=C(COCCc1ccccc1)Nc1cccc2ncccc12. The van der Waals surface area contributed by atoms with E-state index in [2.05, 4.69) is 10.3 Å². The average molecular weight is 306 g/mol. The Balaban J connectivity index is 1.51. The third-order valence-electron chi connectivity index (χ3n) is 3.53. The maximum atomic E-state index is 12.0. The van der Waals surface area contributed by atoms with Gasteiger partial charge in [-0.1, -0.05) is 36.4 Å². The van der Waals surface area contributed by atoms with Crippen molar-refractivity contribution in [2.24, 2.45) is 0 Å². The van der Waals surface area contributed by atoms with Gasteiger partial charge in [0.1, 0.15) is 6.61 Å². The Hall–Kier alpha value is -2.72. The summed E-state index contributed by atoms with van der Waals surface area (Å²) in [4.78, 5) is 16.3. The molecule has 0 radical (unpaired) electrons. The second-order valence-corrected chi connectivity index (χ2v) is 5.21. The second-order valence-electron chi connectivity index (χ2n) is 5.21. The molecule has 1 N–H and O–H groups in total. The first-order valence-electron chi connectivity index (χ1n) is 7.58. The van der Waals surface area contributed by atoms with Crippen molar-refractivity contribution in [2.75, 3.05) is 18.5 Å². The molecule has 0 bridgehead atoms. The number of anilines is 1. The lowest BCUT2D eigenvalue weighted by Crippen LogP contribution is -2.19. The van der Waals surface area contributed by atoms with Crippen LogP contribution in [0.3, 0.4) is 0 Å². The average Bonchev–Trinajstić information content (AvgIpc) is 2.60. The molecule has 0 atom stereocenters. The van der Waals surface area contributed by atoms with Crippen LogP contribution in [0.1, 0.15) is 5.56 Å². The quantitative estimate of drug-likeness (QED) is 0.710. The lowest BCUT2D eigenvalue weighted by Gasteiger charge is -2.09. The van der Waals surface area contributed by atoms with Crippen molar-refractivity contribution in [1.82, 2.24) is 4.98 Å². The number of nitrogens with zero attached hydrogens (tertiary/aromatic N) is 1. The topological polar surface area (TPSA) is 51.2 Å². The van der Waals surface area contributed by atoms with E-state index in [1.807, 2.05) is 60.7 Å². The molecule has 3 rings (SSSR count). The molecule has 4 nitrogen and oxygen atoms in total. The summed E-state index contributed by atoms with van der Waals surface area (Å²) in [7, 11) is 0. The van der Waals surface area contributed by atoms with Crippen LogP contribution in [0.2, 0.25) is 0 Å². The molecule has 0 saturated carbocycles. The standard InChI is InChI=1S/C19H18N2O2/c22-19(14-23-13-11-15-6-2-1-3-7-15)21-18-10-4-9-17-16(18)8-5-12-20-17/h1-10,12H,11,13-14H2,(H,21,22). The first-order valence-corrected chi connectivity index (χ1v) is 7.58. The van der Waals surface area contributed by atoms with Crippen LogP contribution in [-0.4, -0.2) is 24.1 Å². The number of carbonyl (C=O) groups is 1. The number of amides is 1. The number of rotatable bonds is 6. The predicted molar refractivity (Wildman–Crippen MR) is 91.3 cm³/mol. The van der Waals surface area contributed by atoms with Gasteiger partial charge >= 0.3 is 0 Å². The molecule has 23 heavy (non-hydrogen) atoms. The van der Waals surface area contributed by atoms with E-state index in [1.165, 1.54) is 5.56 Å². The number of hydrogen-bond acceptors (Lipinski definition) is 3. The van der Waals surface area contributed by atoms with Crippen molar-refractivity contribution in [3.8, 4) is 0 Å². The number of nitrogens with one attached hydrogen (secondary N) is 1. The van der Waals surface area contributed by atoms with E-state index in [-0.39, 0.29) is 12.5 Å². The summed E-state index contributed by atoms with van der Waals surface area (Å²) in [5.74, 6) is -0.158. The fourth-order valence-electron chi connectivity index (χ4n) is 2.40. The smallest absolute Gasteiger partial charge is 0.250 e. The lowest BCUT2D eigenvalue weighted by atomic mass is 10.2. The molecule has 1 heterocycles. The zero-order valence-corrected chi connectivity index (χ0v) is 12.7. The van der Waals surface area contributed by atoms with E-state index in [4.69, 9.17) is 4.74 Å². The fraction of sp³-hybridized carbons (Fsp3) is 0.158. The van der Waals surface area contributed by atoms with Crippen molar-refractivity contribution in [3.05, 3.63) is 72.4 Å². The minimum atomic E-state index is -0.158. The first kappa shape index (κ1) is 15.2. The molecule has 2 aromatic carbocycles. The van der Waals surface area contributed by atoms with Gasteiger partial charge in [-0.2, -0.15) is 0 Å². The maximum absolute atomic E-state index is 12.0. The van der Waals surface area contributed by atoms with Gasteiger partial charge in [0.05, 0.1) is 17.8 Å². The number of benzene rings is 2. The number of ether oxygens (including phenoxy) is 1. The Morgan fingerprint density at radius 3 is 2.74 bits per heavy atom. The largest absolute Gasteiger partial charge is 0.371 e. The minimum absolute atomic E-state index is 0.0451. The van der Waals surface area contributed by atoms with Gasteiger partial charge in [0.2, 0.25) is 5.91 Å². The van der Waals surface area contributed by atoms with Crippen molar-refractivity contribution in [1.29, 1.82) is 0 Å². The Morgan fingerprint density at radius 1 is 1.00 bits per heavy atom. The number of aromatic nitrogens is 1. The molecule has 0 aliphatic rings. The Bertz CT molecular complexity index is 782. The monoisotopic (exact) mass is 306 g/mol. The van der Waals surface area contributed by atoms with E-state index >= 15 is 0 Å². The summed E-state index contributed by atoms with van der Waals surface area (Å²) in [5, 5.41) is 3.80. The number of fused-ring (bicyclic) bond motifs is 1. The summed E-state index contributed by atoms with van der Waals surface area (Å²) in [5.41, 5.74) is 2.82. The first-order chi connectivity index (χ1) is 11.3. The van der Waals surface area contributed by atoms with Crippen LogP contribution in [0.4, 0.5) is 5.69 Å². The molecule has 0 aliphatic carbocycles. The Labute approximate surface area is 135 Å². The van der Waals surface area contributed by atoms with E-state index in [0.717, 1.165) is 23.0 Å². The highest BCUT2D eigenvalue weighted by molar-refractivity contribution is 6.01. The highest BCUT2D eigenvalue weighted by Crippen LogP contribution is 2.21. The van der Waals surface area contributed by atoms with Crippen molar-refractivity contribution >= 4 is 22.5 Å². The minimum Gasteiger partial charge on any atom is -0.371 e. The van der Waals surface area contributed by atoms with E-state index < -0.39 is 0 Å². The molecular weight excluding hydrogens is 288 g/mol. The van der Waals surface area contributed by atoms with E-state index in [1.54, 1.807) is 6.20 Å². The van der Waals surface area contributed by atoms with Gasteiger partial charge in [-0.25, -0.2) is 0 Å². The highest BCUT2D eigenvalue weighted by Gasteiger charge is 2.06. The summed E-state index contributed by atoms with van der Waals surface area (Å²) in [6.45, 7) is 0.567. The predicted octanol–water partition coefficient (Wildman–Crippen LogP) is 3.43. The molecule has 3 aromatic rings. The maximum Gasteiger partial charge on any atom is 0.250 e. The van der Waals surface area contributed by atoms with Crippen molar-refractivity contribution in [3.63, 3.8) is 0 Å². The normalized spacial score (nSPS) is 10.6. The van der Waals surface area contributed by atoms with Crippen LogP contribution in [0.5, 0.6) is 0 Å². The molecule has 1 amide bonds. The van der Waals surface area contributed by atoms with E-state index in [9.17, 15) is 4.79 Å². The Kier molecular flexibility index (Phi) is 4.96. The van der Waals surface area contributed by atoms with Crippen LogP contribution in [0.15, 0.2) is 66.9 Å². The molecule has 0 unspecified atom stereocenters. The third-order valence-corrected chi connectivity index (χ3v) is 3.53.